The molecule has 0 spiro atoms. The number of amides is 1. The number of aryl methyl sites for hydroxylation is 1. The minimum absolute atomic E-state index is 0. The van der Waals surface area contributed by atoms with E-state index in [1.165, 1.54) is 17.5 Å². The van der Waals surface area contributed by atoms with E-state index in [1.54, 1.807) is 0 Å². The highest BCUT2D eigenvalue weighted by Crippen LogP contribution is 2.16. The number of carbonyl (C=O) groups is 1. The van der Waals surface area contributed by atoms with Crippen LogP contribution in [0.4, 0.5) is 0 Å². The Morgan fingerprint density at radius 3 is 2.62 bits per heavy atom. The van der Waals surface area contributed by atoms with E-state index in [0.717, 1.165) is 31.9 Å². The molecule has 1 aliphatic heterocycles. The highest BCUT2D eigenvalue weighted by atomic mass is 127. The number of aliphatic imine (C=N–C) groups is 1. The van der Waals surface area contributed by atoms with E-state index in [9.17, 15) is 4.79 Å². The molecule has 1 unspecified atom stereocenters. The Balaban J connectivity index is 0.00000338. The highest BCUT2D eigenvalue weighted by Gasteiger charge is 2.22. The van der Waals surface area contributed by atoms with Crippen LogP contribution < -0.4 is 10.6 Å². The van der Waals surface area contributed by atoms with Crippen LogP contribution in [-0.4, -0.2) is 42.4 Å². The van der Waals surface area contributed by atoms with Crippen molar-refractivity contribution in [1.29, 1.82) is 0 Å². The molecule has 0 bridgehead atoms. The Labute approximate surface area is 175 Å². The zero-order chi connectivity index (χ0) is 18.1. The molecule has 2 N–H and O–H groups in total. The number of nitrogens with one attached hydrogen (secondary N) is 2. The van der Waals surface area contributed by atoms with E-state index in [4.69, 9.17) is 0 Å². The summed E-state index contributed by atoms with van der Waals surface area (Å²) in [5, 5.41) is 6.52. The third-order valence-corrected chi connectivity index (χ3v) is 4.64. The van der Waals surface area contributed by atoms with Gasteiger partial charge in [-0.2, -0.15) is 0 Å². The van der Waals surface area contributed by atoms with Crippen LogP contribution in [0.1, 0.15) is 50.7 Å². The van der Waals surface area contributed by atoms with Gasteiger partial charge in [-0.1, -0.05) is 29.8 Å². The Morgan fingerprint density at radius 1 is 1.23 bits per heavy atom. The van der Waals surface area contributed by atoms with Crippen molar-refractivity contribution in [2.24, 2.45) is 4.99 Å². The quantitative estimate of drug-likeness (QED) is 0.379. The molecule has 1 aromatic carbocycles. The topological polar surface area (TPSA) is 56.7 Å². The van der Waals surface area contributed by atoms with Gasteiger partial charge in [-0.05, 0) is 45.6 Å². The fourth-order valence-corrected chi connectivity index (χ4v) is 3.11. The Kier molecular flexibility index (Phi) is 10.6. The van der Waals surface area contributed by atoms with Crippen molar-refractivity contribution in [3.63, 3.8) is 0 Å². The summed E-state index contributed by atoms with van der Waals surface area (Å²) in [6.45, 7) is 9.23. The summed E-state index contributed by atoms with van der Waals surface area (Å²) >= 11 is 0. The molecule has 1 fully saturated rings. The second-order valence-corrected chi connectivity index (χ2v) is 6.79. The molecule has 1 aromatic rings. The predicted octanol–water partition coefficient (Wildman–Crippen LogP) is 3.46. The fraction of sp³-hybridized carbons (Fsp3) is 0.600. The van der Waals surface area contributed by atoms with Crippen LogP contribution in [0.3, 0.4) is 0 Å². The van der Waals surface area contributed by atoms with Crippen molar-refractivity contribution in [2.45, 2.75) is 59.0 Å². The Morgan fingerprint density at radius 2 is 1.96 bits per heavy atom. The summed E-state index contributed by atoms with van der Waals surface area (Å²) < 4.78 is 0. The number of hydrogen-bond donors (Lipinski definition) is 2. The molecular formula is C20H33IN4O. The number of carbonyl (C=O) groups excluding carboxylic acids is 1. The number of halogens is 1. The number of nitrogens with zero attached hydrogens (tertiary/aromatic N) is 2. The first-order chi connectivity index (χ1) is 12.1. The molecule has 5 nitrogen and oxygen atoms in total. The number of guanidine groups is 1. The van der Waals surface area contributed by atoms with E-state index >= 15 is 0 Å². The van der Waals surface area contributed by atoms with Gasteiger partial charge in [0.2, 0.25) is 5.91 Å². The molecule has 26 heavy (non-hydrogen) atoms. The maximum absolute atomic E-state index is 12.4. The number of rotatable bonds is 6. The van der Waals surface area contributed by atoms with Crippen LogP contribution in [-0.2, 0) is 11.3 Å². The van der Waals surface area contributed by atoms with Crippen molar-refractivity contribution >= 4 is 35.8 Å². The van der Waals surface area contributed by atoms with Gasteiger partial charge in [0.05, 0.1) is 6.54 Å². The molecule has 1 heterocycles. The first-order valence-electron chi connectivity index (χ1n) is 9.47. The van der Waals surface area contributed by atoms with Crippen molar-refractivity contribution in [3.05, 3.63) is 35.4 Å². The predicted molar refractivity (Wildman–Crippen MR) is 119 cm³/mol. The SMILES string of the molecule is CCNC(=NCc1ccc(C)cc1)NCCC(=O)N1CCCCC1C.I. The second-order valence-electron chi connectivity index (χ2n) is 6.79. The molecule has 6 heteroatoms. The number of likely N-dealkylation sites (tertiary alicyclic amines) is 1. The molecule has 0 radical (unpaired) electrons. The molecule has 0 saturated carbocycles. The largest absolute Gasteiger partial charge is 0.357 e. The van der Waals surface area contributed by atoms with E-state index in [1.807, 2.05) is 11.8 Å². The van der Waals surface area contributed by atoms with Crippen molar-refractivity contribution in [2.75, 3.05) is 19.6 Å². The van der Waals surface area contributed by atoms with Gasteiger partial charge in [-0.3, -0.25) is 4.79 Å². The molecule has 1 amide bonds. The summed E-state index contributed by atoms with van der Waals surface area (Å²) in [7, 11) is 0. The van der Waals surface area contributed by atoms with Crippen LogP contribution in [0.5, 0.6) is 0 Å². The van der Waals surface area contributed by atoms with Crippen LogP contribution in [0.15, 0.2) is 29.3 Å². The summed E-state index contributed by atoms with van der Waals surface area (Å²) in [4.78, 5) is 19.0. The summed E-state index contributed by atoms with van der Waals surface area (Å²) in [5.41, 5.74) is 2.43. The average Bonchev–Trinajstić information content (AvgIpc) is 2.61. The van der Waals surface area contributed by atoms with E-state index in [-0.39, 0.29) is 29.9 Å². The third kappa shape index (κ3) is 7.51. The maximum Gasteiger partial charge on any atom is 0.224 e. The molecule has 1 aliphatic rings. The minimum atomic E-state index is 0. The van der Waals surface area contributed by atoms with Gasteiger partial charge >= 0.3 is 0 Å². The molecule has 0 aliphatic carbocycles. The Bertz CT molecular complexity index is 574. The zero-order valence-corrected chi connectivity index (χ0v) is 18.6. The van der Waals surface area contributed by atoms with Crippen LogP contribution in [0.2, 0.25) is 0 Å². The molecule has 1 atom stereocenters. The standard InChI is InChI=1S/C20H32N4O.HI/c1-4-21-20(23-15-18-10-8-16(2)9-11-18)22-13-12-19(25)24-14-6-5-7-17(24)3;/h8-11,17H,4-7,12-15H2,1-3H3,(H2,21,22,23);1H. The maximum atomic E-state index is 12.4. The molecular weight excluding hydrogens is 439 g/mol. The van der Waals surface area contributed by atoms with Crippen molar-refractivity contribution in [3.8, 4) is 0 Å². The lowest BCUT2D eigenvalue weighted by molar-refractivity contribution is -0.134. The lowest BCUT2D eigenvalue weighted by Gasteiger charge is -2.33. The first-order valence-corrected chi connectivity index (χ1v) is 9.47. The zero-order valence-electron chi connectivity index (χ0n) is 16.3. The first kappa shape index (κ1) is 22.7. The van der Waals surface area contributed by atoms with Gasteiger partial charge in [-0.15, -0.1) is 24.0 Å². The van der Waals surface area contributed by atoms with E-state index in [2.05, 4.69) is 53.7 Å². The smallest absolute Gasteiger partial charge is 0.224 e. The van der Waals surface area contributed by atoms with Crippen molar-refractivity contribution < 1.29 is 4.79 Å². The average molecular weight is 472 g/mol. The molecule has 146 valence electrons. The van der Waals surface area contributed by atoms with Gasteiger partial charge in [-0.25, -0.2) is 4.99 Å². The monoisotopic (exact) mass is 472 g/mol. The van der Waals surface area contributed by atoms with E-state index in [0.29, 0.717) is 25.6 Å². The van der Waals surface area contributed by atoms with Gasteiger partial charge in [0.15, 0.2) is 5.96 Å². The van der Waals surface area contributed by atoms with Gasteiger partial charge < -0.3 is 15.5 Å². The van der Waals surface area contributed by atoms with Gasteiger partial charge in [0.25, 0.3) is 0 Å². The third-order valence-electron chi connectivity index (χ3n) is 4.64. The molecule has 1 saturated heterocycles. The summed E-state index contributed by atoms with van der Waals surface area (Å²) in [6, 6.07) is 8.78. The lowest BCUT2D eigenvalue weighted by atomic mass is 10.0. The minimum Gasteiger partial charge on any atom is -0.357 e. The Hall–Kier alpha value is -1.31. The highest BCUT2D eigenvalue weighted by molar-refractivity contribution is 14.0. The fourth-order valence-electron chi connectivity index (χ4n) is 3.11. The second kappa shape index (κ2) is 12.1. The van der Waals surface area contributed by atoms with Crippen molar-refractivity contribution in [1.82, 2.24) is 15.5 Å². The lowest BCUT2D eigenvalue weighted by Crippen LogP contribution is -2.44. The van der Waals surface area contributed by atoms with Crippen LogP contribution in [0.25, 0.3) is 0 Å². The van der Waals surface area contributed by atoms with Gasteiger partial charge in [0, 0.05) is 32.1 Å². The molecule has 0 aromatic heterocycles. The van der Waals surface area contributed by atoms with Crippen LogP contribution in [0, 0.1) is 6.92 Å². The number of hydrogen-bond acceptors (Lipinski definition) is 2. The number of benzene rings is 1. The van der Waals surface area contributed by atoms with Crippen LogP contribution >= 0.6 is 24.0 Å². The summed E-state index contributed by atoms with van der Waals surface area (Å²) in [5.74, 6) is 1.01. The van der Waals surface area contributed by atoms with E-state index < -0.39 is 0 Å². The normalized spacial score (nSPS) is 17.4. The summed E-state index contributed by atoms with van der Waals surface area (Å²) in [6.07, 6.45) is 4.00. The van der Waals surface area contributed by atoms with Gasteiger partial charge in [0.1, 0.15) is 0 Å². The molecule has 2 rings (SSSR count). The number of piperidine rings is 1.